The molecular weight excluding hydrogens is 635 g/mol. The van der Waals surface area contributed by atoms with Crippen LogP contribution in [0.25, 0.3) is 76.9 Å². The van der Waals surface area contributed by atoms with Crippen molar-refractivity contribution < 1.29 is 8.83 Å². The molecule has 0 unspecified atom stereocenters. The van der Waals surface area contributed by atoms with Gasteiger partial charge in [0.15, 0.2) is 0 Å². The minimum Gasteiger partial charge on any atom is -0.456 e. The highest BCUT2D eigenvalue weighted by Gasteiger charge is 2.36. The number of nitrogens with zero attached hydrogens (tertiary/aromatic N) is 1. The van der Waals surface area contributed by atoms with Crippen LogP contribution in [0.5, 0.6) is 0 Å². The zero-order chi connectivity index (χ0) is 34.6. The Labute approximate surface area is 301 Å². The average molecular weight is 668 g/mol. The van der Waals surface area contributed by atoms with Gasteiger partial charge in [0.1, 0.15) is 22.3 Å². The van der Waals surface area contributed by atoms with Crippen molar-refractivity contribution in [1.29, 1.82) is 0 Å². The molecular formula is C49H33NO2. The molecule has 0 N–H and O–H groups in total. The number of rotatable bonds is 4. The molecule has 1 aliphatic carbocycles. The first-order chi connectivity index (χ1) is 25.5. The highest BCUT2D eigenvalue weighted by atomic mass is 16.3. The van der Waals surface area contributed by atoms with Crippen molar-refractivity contribution in [3.05, 3.63) is 175 Å². The molecule has 1 aliphatic rings. The van der Waals surface area contributed by atoms with Gasteiger partial charge in [0.25, 0.3) is 0 Å². The van der Waals surface area contributed by atoms with Crippen LogP contribution >= 0.6 is 0 Å². The smallest absolute Gasteiger partial charge is 0.137 e. The molecule has 3 nitrogen and oxygen atoms in total. The molecule has 0 fully saturated rings. The van der Waals surface area contributed by atoms with Crippen LogP contribution in [0.1, 0.15) is 25.0 Å². The first-order valence-corrected chi connectivity index (χ1v) is 17.9. The third-order valence-electron chi connectivity index (χ3n) is 11.3. The number of para-hydroxylation sites is 2. The standard InChI is InChI=1S/C49H33NO2/c1-49(2)40-19-8-5-15-34(40)35-24-22-31(28-41(35)49)50(32-23-25-37-36-16-6-9-20-43(36)52-46(37)29-32)42-26-27-45-48(39-17-7-10-21-44(39)51-45)47(42)38-18-11-13-30-12-3-4-14-33(30)38/h3-29H,1-2H3. The SMILES string of the molecule is CC1(C)c2ccccc2-c2ccc(N(c3ccc4c(c3)oc3ccccc34)c3ccc4oc5ccccc5c4c3-c3cccc4ccccc34)cc21. The summed E-state index contributed by atoms with van der Waals surface area (Å²) in [5.74, 6) is 0. The lowest BCUT2D eigenvalue weighted by Gasteiger charge is -2.30. The maximum Gasteiger partial charge on any atom is 0.137 e. The molecule has 10 aromatic rings. The average Bonchev–Trinajstić information content (AvgIpc) is 3.82. The van der Waals surface area contributed by atoms with Gasteiger partial charge in [-0.25, -0.2) is 0 Å². The van der Waals surface area contributed by atoms with E-state index in [2.05, 4.69) is 164 Å². The summed E-state index contributed by atoms with van der Waals surface area (Å²) in [5, 5.41) is 6.82. The summed E-state index contributed by atoms with van der Waals surface area (Å²) in [5.41, 5.74) is 14.1. The first-order valence-electron chi connectivity index (χ1n) is 17.9. The number of furan rings is 2. The van der Waals surface area contributed by atoms with Crippen molar-refractivity contribution in [1.82, 2.24) is 0 Å². The number of benzene rings is 8. The molecule has 3 heteroatoms. The first kappa shape index (κ1) is 29.2. The molecule has 52 heavy (non-hydrogen) atoms. The molecule has 8 aromatic carbocycles. The maximum atomic E-state index is 6.55. The van der Waals surface area contributed by atoms with Crippen molar-refractivity contribution in [2.45, 2.75) is 19.3 Å². The van der Waals surface area contributed by atoms with E-state index in [0.29, 0.717) is 0 Å². The van der Waals surface area contributed by atoms with Crippen molar-refractivity contribution in [3.8, 4) is 22.3 Å². The van der Waals surface area contributed by atoms with Gasteiger partial charge in [-0.2, -0.15) is 0 Å². The number of fused-ring (bicyclic) bond motifs is 10. The van der Waals surface area contributed by atoms with E-state index in [1.807, 2.05) is 18.2 Å². The molecule has 0 aliphatic heterocycles. The fourth-order valence-corrected chi connectivity index (χ4v) is 8.82. The summed E-state index contributed by atoms with van der Waals surface area (Å²) < 4.78 is 13.1. The monoisotopic (exact) mass is 667 g/mol. The quantitative estimate of drug-likeness (QED) is 0.187. The summed E-state index contributed by atoms with van der Waals surface area (Å²) in [6, 6.07) is 58.8. The van der Waals surface area contributed by atoms with Gasteiger partial charge < -0.3 is 13.7 Å². The van der Waals surface area contributed by atoms with Crippen molar-refractivity contribution >= 4 is 71.7 Å². The van der Waals surface area contributed by atoms with Crippen molar-refractivity contribution in [2.75, 3.05) is 4.90 Å². The van der Waals surface area contributed by atoms with Gasteiger partial charge in [0, 0.05) is 50.0 Å². The van der Waals surface area contributed by atoms with E-state index in [9.17, 15) is 0 Å². The predicted octanol–water partition coefficient (Wildman–Crippen LogP) is 14.1. The second-order valence-corrected chi connectivity index (χ2v) is 14.5. The van der Waals surface area contributed by atoms with Crippen LogP contribution < -0.4 is 4.90 Å². The van der Waals surface area contributed by atoms with Crippen LogP contribution in [0, 0.1) is 0 Å². The molecule has 246 valence electrons. The zero-order valence-corrected chi connectivity index (χ0v) is 28.9. The van der Waals surface area contributed by atoms with E-state index < -0.39 is 0 Å². The van der Waals surface area contributed by atoms with Gasteiger partial charge in [0.2, 0.25) is 0 Å². The van der Waals surface area contributed by atoms with Crippen LogP contribution in [-0.4, -0.2) is 0 Å². The number of anilines is 3. The third-order valence-corrected chi connectivity index (χ3v) is 11.3. The van der Waals surface area contributed by atoms with Crippen LogP contribution in [-0.2, 0) is 5.41 Å². The lowest BCUT2D eigenvalue weighted by atomic mass is 9.82. The van der Waals surface area contributed by atoms with E-state index in [0.717, 1.165) is 72.1 Å². The number of hydrogen-bond donors (Lipinski definition) is 0. The molecule has 0 bridgehead atoms. The lowest BCUT2D eigenvalue weighted by molar-refractivity contribution is 0.660. The Morgan fingerprint density at radius 3 is 1.92 bits per heavy atom. The Balaban J connectivity index is 1.25. The minimum absolute atomic E-state index is 0.153. The summed E-state index contributed by atoms with van der Waals surface area (Å²) in [6.45, 7) is 4.69. The second kappa shape index (κ2) is 10.7. The second-order valence-electron chi connectivity index (χ2n) is 14.5. The highest BCUT2D eigenvalue weighted by molar-refractivity contribution is 6.19. The van der Waals surface area contributed by atoms with E-state index in [4.69, 9.17) is 8.83 Å². The Kier molecular flexibility index (Phi) is 6.01. The Bertz CT molecular complexity index is 3060. The normalized spacial score (nSPS) is 13.3. The Morgan fingerprint density at radius 2 is 1.04 bits per heavy atom. The molecule has 0 radical (unpaired) electrons. The maximum absolute atomic E-state index is 6.55. The van der Waals surface area contributed by atoms with Gasteiger partial charge >= 0.3 is 0 Å². The molecule has 2 heterocycles. The van der Waals surface area contributed by atoms with E-state index in [-0.39, 0.29) is 5.41 Å². The lowest BCUT2D eigenvalue weighted by Crippen LogP contribution is -2.17. The topological polar surface area (TPSA) is 29.5 Å². The molecule has 2 aromatic heterocycles. The Hall–Kier alpha value is -6.58. The Morgan fingerprint density at radius 1 is 0.423 bits per heavy atom. The fourth-order valence-electron chi connectivity index (χ4n) is 8.82. The molecule has 11 rings (SSSR count). The summed E-state index contributed by atoms with van der Waals surface area (Å²) in [6.07, 6.45) is 0. The summed E-state index contributed by atoms with van der Waals surface area (Å²) >= 11 is 0. The van der Waals surface area contributed by atoms with Gasteiger partial charge in [-0.05, 0) is 87.1 Å². The van der Waals surface area contributed by atoms with Crippen LogP contribution in [0.4, 0.5) is 17.1 Å². The summed E-state index contributed by atoms with van der Waals surface area (Å²) in [4.78, 5) is 2.42. The van der Waals surface area contributed by atoms with Crippen LogP contribution in [0.15, 0.2) is 173 Å². The minimum atomic E-state index is -0.153. The van der Waals surface area contributed by atoms with E-state index in [1.54, 1.807) is 0 Å². The molecule has 0 amide bonds. The molecule has 0 atom stereocenters. The molecule has 0 saturated heterocycles. The van der Waals surface area contributed by atoms with Crippen molar-refractivity contribution in [2.24, 2.45) is 0 Å². The van der Waals surface area contributed by atoms with Gasteiger partial charge in [-0.1, -0.05) is 123 Å². The molecule has 0 spiro atoms. The molecule has 0 saturated carbocycles. The van der Waals surface area contributed by atoms with Gasteiger partial charge in [-0.15, -0.1) is 0 Å². The van der Waals surface area contributed by atoms with Crippen LogP contribution in [0.3, 0.4) is 0 Å². The largest absolute Gasteiger partial charge is 0.456 e. The zero-order valence-electron chi connectivity index (χ0n) is 28.9. The van der Waals surface area contributed by atoms with Crippen molar-refractivity contribution in [3.63, 3.8) is 0 Å². The predicted molar refractivity (Wildman–Crippen MR) is 216 cm³/mol. The van der Waals surface area contributed by atoms with Gasteiger partial charge in [0.05, 0.1) is 5.69 Å². The van der Waals surface area contributed by atoms with Crippen LogP contribution in [0.2, 0.25) is 0 Å². The highest BCUT2D eigenvalue weighted by Crippen LogP contribution is 2.53. The van der Waals surface area contributed by atoms with E-state index in [1.165, 1.54) is 33.0 Å². The fraction of sp³-hybridized carbons (Fsp3) is 0.0612. The van der Waals surface area contributed by atoms with E-state index >= 15 is 0 Å². The van der Waals surface area contributed by atoms with Gasteiger partial charge in [-0.3, -0.25) is 0 Å². The third kappa shape index (κ3) is 4.08. The summed E-state index contributed by atoms with van der Waals surface area (Å²) in [7, 11) is 0. The number of hydrogen-bond acceptors (Lipinski definition) is 3.